The van der Waals surface area contributed by atoms with E-state index in [2.05, 4.69) is 5.32 Å². The van der Waals surface area contributed by atoms with Gasteiger partial charge < -0.3 is 15.0 Å². The molecule has 2 amide bonds. The second-order valence-electron chi connectivity index (χ2n) is 8.65. The van der Waals surface area contributed by atoms with E-state index in [-0.39, 0.29) is 22.7 Å². The van der Waals surface area contributed by atoms with Gasteiger partial charge in [-0.3, -0.25) is 13.9 Å². The van der Waals surface area contributed by atoms with Crippen LogP contribution in [0.1, 0.15) is 25.0 Å². The molecule has 0 bridgehead atoms. The van der Waals surface area contributed by atoms with Crippen LogP contribution in [0, 0.1) is 12.7 Å². The van der Waals surface area contributed by atoms with Gasteiger partial charge in [-0.15, -0.1) is 0 Å². The average molecular weight is 542 g/mol. The van der Waals surface area contributed by atoms with Crippen LogP contribution in [0.5, 0.6) is 5.75 Å². The van der Waals surface area contributed by atoms with Crippen molar-refractivity contribution in [3.05, 3.63) is 89.7 Å². The molecule has 0 saturated carbocycles. The number of halogens is 1. The van der Waals surface area contributed by atoms with Gasteiger partial charge in [-0.05, 0) is 63.2 Å². The van der Waals surface area contributed by atoms with Gasteiger partial charge in [0.2, 0.25) is 11.8 Å². The predicted molar refractivity (Wildman–Crippen MR) is 144 cm³/mol. The summed E-state index contributed by atoms with van der Waals surface area (Å²) in [5, 5.41) is 2.49. The van der Waals surface area contributed by atoms with E-state index >= 15 is 0 Å². The minimum Gasteiger partial charge on any atom is -0.494 e. The summed E-state index contributed by atoms with van der Waals surface area (Å²) in [6.07, 6.45) is 0. The molecule has 0 saturated heterocycles. The molecule has 8 nitrogen and oxygen atoms in total. The highest BCUT2D eigenvalue weighted by Crippen LogP contribution is 2.26. The zero-order chi connectivity index (χ0) is 27.9. The smallest absolute Gasteiger partial charge is 0.264 e. The Bertz CT molecular complexity index is 1360. The Labute approximate surface area is 223 Å². The molecule has 0 aliphatic carbocycles. The van der Waals surface area contributed by atoms with Crippen molar-refractivity contribution in [2.24, 2.45) is 0 Å². The van der Waals surface area contributed by atoms with E-state index in [1.165, 1.54) is 49.2 Å². The summed E-state index contributed by atoms with van der Waals surface area (Å²) in [6.45, 7) is 4.80. The Morgan fingerprint density at radius 3 is 2.21 bits per heavy atom. The number of hydrogen-bond acceptors (Lipinski definition) is 5. The van der Waals surface area contributed by atoms with Gasteiger partial charge >= 0.3 is 0 Å². The third-order valence-corrected chi connectivity index (χ3v) is 7.82. The van der Waals surface area contributed by atoms with Crippen LogP contribution in [0.2, 0.25) is 0 Å². The van der Waals surface area contributed by atoms with Gasteiger partial charge in [0.25, 0.3) is 10.0 Å². The molecule has 0 heterocycles. The standard InChI is InChI=1S/C28H32FN3O5S/c1-5-37-24-14-16-25(17-15-24)38(35,36)32(23-12-10-20(2)11-13-23)19-27(33)31(21(3)28(34)30-4)18-22-8-6-7-9-26(22)29/h6-17,21H,5,18-19H2,1-4H3,(H,30,34)/t21-/m0/s1. The number of likely N-dealkylation sites (N-methyl/N-ethyl adjacent to an activating group) is 1. The van der Waals surface area contributed by atoms with Gasteiger partial charge in [0, 0.05) is 19.2 Å². The fraction of sp³-hybridized carbons (Fsp3) is 0.286. The van der Waals surface area contributed by atoms with Crippen LogP contribution < -0.4 is 14.4 Å². The van der Waals surface area contributed by atoms with Crippen LogP contribution in [0.25, 0.3) is 0 Å². The van der Waals surface area contributed by atoms with Gasteiger partial charge in [0.15, 0.2) is 0 Å². The van der Waals surface area contributed by atoms with Gasteiger partial charge in [0.05, 0.1) is 17.2 Å². The second-order valence-corrected chi connectivity index (χ2v) is 10.5. The molecule has 1 atom stereocenters. The number of carbonyl (C=O) groups excluding carboxylic acids is 2. The summed E-state index contributed by atoms with van der Waals surface area (Å²) in [7, 11) is -2.77. The molecule has 3 aromatic rings. The number of nitrogens with zero attached hydrogens (tertiary/aromatic N) is 2. The number of nitrogens with one attached hydrogen (secondary N) is 1. The van der Waals surface area contributed by atoms with Crippen LogP contribution >= 0.6 is 0 Å². The number of hydrogen-bond donors (Lipinski definition) is 1. The molecule has 1 N–H and O–H groups in total. The number of anilines is 1. The lowest BCUT2D eigenvalue weighted by atomic mass is 10.1. The third kappa shape index (κ3) is 6.69. The molecule has 3 rings (SSSR count). The van der Waals surface area contributed by atoms with Gasteiger partial charge in [0.1, 0.15) is 24.2 Å². The summed E-state index contributed by atoms with van der Waals surface area (Å²) in [5.74, 6) is -1.16. The van der Waals surface area contributed by atoms with E-state index in [0.29, 0.717) is 12.4 Å². The van der Waals surface area contributed by atoms with Crippen molar-refractivity contribution < 1.29 is 27.1 Å². The van der Waals surface area contributed by atoms with E-state index in [0.717, 1.165) is 9.87 Å². The quantitative estimate of drug-likeness (QED) is 0.397. The number of amides is 2. The van der Waals surface area contributed by atoms with Gasteiger partial charge in [-0.2, -0.15) is 0 Å². The molecule has 0 aliphatic rings. The zero-order valence-corrected chi connectivity index (χ0v) is 22.7. The Morgan fingerprint density at radius 2 is 1.63 bits per heavy atom. The predicted octanol–water partition coefficient (Wildman–Crippen LogP) is 3.89. The highest BCUT2D eigenvalue weighted by molar-refractivity contribution is 7.92. The largest absolute Gasteiger partial charge is 0.494 e. The summed E-state index contributed by atoms with van der Waals surface area (Å²) in [6, 6.07) is 17.6. The van der Waals surface area contributed by atoms with E-state index in [9.17, 15) is 22.4 Å². The second kappa shape index (κ2) is 12.6. The lowest BCUT2D eigenvalue weighted by Gasteiger charge is -2.32. The summed E-state index contributed by atoms with van der Waals surface area (Å²) in [5.41, 5.74) is 1.39. The summed E-state index contributed by atoms with van der Waals surface area (Å²) in [4.78, 5) is 27.3. The molecular weight excluding hydrogens is 509 g/mol. The number of carbonyl (C=O) groups is 2. The third-order valence-electron chi connectivity index (χ3n) is 6.04. The molecule has 38 heavy (non-hydrogen) atoms. The summed E-state index contributed by atoms with van der Waals surface area (Å²) < 4.78 is 48.5. The lowest BCUT2D eigenvalue weighted by Crippen LogP contribution is -2.50. The van der Waals surface area contributed by atoms with Crippen LogP contribution in [-0.4, -0.2) is 51.4 Å². The number of sulfonamides is 1. The number of ether oxygens (including phenoxy) is 1. The molecule has 0 aliphatic heterocycles. The van der Waals surface area contributed by atoms with Gasteiger partial charge in [-0.1, -0.05) is 35.9 Å². The zero-order valence-electron chi connectivity index (χ0n) is 21.8. The number of rotatable bonds is 11. The first-order valence-corrected chi connectivity index (χ1v) is 13.6. The Balaban J connectivity index is 2.02. The molecule has 10 heteroatoms. The first kappa shape index (κ1) is 28.6. The Kier molecular flexibility index (Phi) is 9.46. The highest BCUT2D eigenvalue weighted by atomic mass is 32.2. The van der Waals surface area contributed by atoms with Crippen molar-refractivity contribution in [2.45, 2.75) is 38.3 Å². The van der Waals surface area contributed by atoms with Crippen LogP contribution in [-0.2, 0) is 26.2 Å². The SMILES string of the molecule is CCOc1ccc(S(=O)(=O)N(CC(=O)N(Cc2ccccc2F)[C@@H](C)C(=O)NC)c2ccc(C)cc2)cc1. The molecule has 202 valence electrons. The van der Waals surface area contributed by atoms with Crippen molar-refractivity contribution >= 4 is 27.5 Å². The first-order chi connectivity index (χ1) is 18.1. The van der Waals surface area contributed by atoms with Crippen LogP contribution in [0.3, 0.4) is 0 Å². The van der Waals surface area contributed by atoms with Crippen LogP contribution in [0.4, 0.5) is 10.1 Å². The van der Waals surface area contributed by atoms with E-state index in [4.69, 9.17) is 4.74 Å². The molecular formula is C28H32FN3O5S. The fourth-order valence-electron chi connectivity index (χ4n) is 3.84. The Hall–Kier alpha value is -3.92. The van der Waals surface area contributed by atoms with Crippen molar-refractivity contribution in [3.8, 4) is 5.75 Å². The molecule has 0 aromatic heterocycles. The van der Waals surface area contributed by atoms with Crippen molar-refractivity contribution in [2.75, 3.05) is 24.5 Å². The first-order valence-electron chi connectivity index (χ1n) is 12.1. The lowest BCUT2D eigenvalue weighted by molar-refractivity contribution is -0.139. The highest BCUT2D eigenvalue weighted by Gasteiger charge is 2.32. The normalized spacial score (nSPS) is 11.9. The van der Waals surface area contributed by atoms with Crippen molar-refractivity contribution in [3.63, 3.8) is 0 Å². The maximum absolute atomic E-state index is 14.5. The fourth-order valence-corrected chi connectivity index (χ4v) is 5.26. The maximum atomic E-state index is 14.5. The van der Waals surface area contributed by atoms with E-state index in [1.54, 1.807) is 42.5 Å². The maximum Gasteiger partial charge on any atom is 0.264 e. The monoisotopic (exact) mass is 541 g/mol. The minimum absolute atomic E-state index is 0.0330. The Morgan fingerprint density at radius 1 is 1.00 bits per heavy atom. The molecule has 0 radical (unpaired) electrons. The molecule has 3 aromatic carbocycles. The molecule has 0 unspecified atom stereocenters. The van der Waals surface area contributed by atoms with Crippen LogP contribution in [0.15, 0.2) is 77.7 Å². The minimum atomic E-state index is -4.20. The van der Waals surface area contributed by atoms with Crippen molar-refractivity contribution in [1.82, 2.24) is 10.2 Å². The average Bonchev–Trinajstić information content (AvgIpc) is 2.91. The van der Waals surface area contributed by atoms with Crippen molar-refractivity contribution in [1.29, 1.82) is 0 Å². The van der Waals surface area contributed by atoms with E-state index < -0.39 is 40.2 Å². The summed E-state index contributed by atoms with van der Waals surface area (Å²) >= 11 is 0. The molecule has 0 spiro atoms. The number of aryl methyl sites for hydroxylation is 1. The number of benzene rings is 3. The molecule has 0 fully saturated rings. The van der Waals surface area contributed by atoms with Gasteiger partial charge in [-0.25, -0.2) is 12.8 Å². The van der Waals surface area contributed by atoms with E-state index in [1.807, 2.05) is 13.8 Å². The topological polar surface area (TPSA) is 96.0 Å².